The van der Waals surface area contributed by atoms with E-state index in [1.807, 2.05) is 12.1 Å². The maximum absolute atomic E-state index is 13.6. The van der Waals surface area contributed by atoms with Crippen molar-refractivity contribution in [3.05, 3.63) is 67.0 Å². The largest absolute Gasteiger partial charge is 0.459 e. The molecule has 4 aromatic rings. The zero-order valence-electron chi connectivity index (χ0n) is 22.4. The lowest BCUT2D eigenvalue weighted by Crippen LogP contribution is -2.29. The van der Waals surface area contributed by atoms with Gasteiger partial charge in [-0.3, -0.25) is 14.9 Å². The Kier molecular flexibility index (Phi) is 7.89. The fraction of sp³-hybridized carbons (Fsp3) is 0.286. The minimum Gasteiger partial charge on any atom is -0.459 e. The predicted molar refractivity (Wildman–Crippen MR) is 146 cm³/mol. The summed E-state index contributed by atoms with van der Waals surface area (Å²) in [6.07, 6.45) is 0.621. The van der Waals surface area contributed by atoms with E-state index in [1.165, 1.54) is 15.8 Å². The van der Waals surface area contributed by atoms with Crippen molar-refractivity contribution in [3.8, 4) is 5.88 Å². The number of imidazole rings is 1. The summed E-state index contributed by atoms with van der Waals surface area (Å²) in [6.45, 7) is 8.54. The van der Waals surface area contributed by atoms with Gasteiger partial charge in [0.2, 0.25) is 11.9 Å². The van der Waals surface area contributed by atoms with Crippen LogP contribution in [0.3, 0.4) is 0 Å². The number of fused-ring (bicyclic) bond motifs is 1. The Morgan fingerprint density at radius 3 is 2.08 bits per heavy atom. The van der Waals surface area contributed by atoms with Gasteiger partial charge >= 0.3 is 12.1 Å². The molecule has 1 N–H and O–H groups in total. The lowest BCUT2D eigenvalue weighted by atomic mass is 10.2. The fourth-order valence-electron chi connectivity index (χ4n) is 3.57. The molecule has 2 aromatic heterocycles. The highest BCUT2D eigenvalue weighted by Gasteiger charge is 2.25. The minimum absolute atomic E-state index is 0.0964. The van der Waals surface area contributed by atoms with Crippen LogP contribution >= 0.6 is 0 Å². The van der Waals surface area contributed by atoms with Crippen LogP contribution in [0.1, 0.15) is 34.6 Å². The van der Waals surface area contributed by atoms with Gasteiger partial charge in [-0.25, -0.2) is 14.7 Å². The lowest BCUT2D eigenvalue weighted by molar-refractivity contribution is -0.155. The van der Waals surface area contributed by atoms with E-state index in [0.717, 1.165) is 0 Å². The quantitative estimate of drug-likeness (QED) is 0.327. The van der Waals surface area contributed by atoms with Gasteiger partial charge in [-0.1, -0.05) is 50.2 Å². The monoisotopic (exact) mass is 530 g/mol. The topological polar surface area (TPSA) is 129 Å². The highest BCUT2D eigenvalue weighted by atomic mass is 16.6. The Hall–Kier alpha value is -4.80. The molecule has 0 aliphatic heterocycles. The molecule has 2 heterocycles. The van der Waals surface area contributed by atoms with Crippen LogP contribution in [0, 0.1) is 5.92 Å². The molecule has 0 aliphatic carbocycles. The maximum Gasteiger partial charge on any atom is 0.425 e. The van der Waals surface area contributed by atoms with E-state index in [4.69, 9.17) is 9.47 Å². The van der Waals surface area contributed by atoms with Crippen LogP contribution in [-0.4, -0.2) is 43.1 Å². The van der Waals surface area contributed by atoms with E-state index in [9.17, 15) is 14.4 Å². The van der Waals surface area contributed by atoms with Crippen molar-refractivity contribution in [2.24, 2.45) is 5.92 Å². The van der Waals surface area contributed by atoms with Crippen molar-refractivity contribution in [3.63, 3.8) is 0 Å². The van der Waals surface area contributed by atoms with E-state index in [0.29, 0.717) is 11.4 Å². The number of esters is 1. The first kappa shape index (κ1) is 27.2. The first-order chi connectivity index (χ1) is 18.5. The summed E-state index contributed by atoms with van der Waals surface area (Å²) < 4.78 is 12.6. The summed E-state index contributed by atoms with van der Waals surface area (Å²) in [5, 5.41) is 2.62. The molecule has 0 saturated carbocycles. The Balaban J connectivity index is 1.74. The standard InChI is InChI=1S/C28H30N6O5/c1-18(2)24(36)31-26-30-23-22(29-17-33(23)16-21(35)39-28(3,4)5)25(32-26)38-27(37)34(19-12-8-6-9-13-19)20-14-10-7-11-15-20/h6-15,17-18H,16H2,1-5H3,(H,30,31,32,36). The van der Waals surface area contributed by atoms with Gasteiger partial charge in [0.25, 0.3) is 5.88 Å². The third kappa shape index (κ3) is 6.75. The Labute approximate surface area is 225 Å². The number of anilines is 3. The average molecular weight is 531 g/mol. The van der Waals surface area contributed by atoms with Crippen LogP contribution in [0.25, 0.3) is 11.2 Å². The molecule has 4 rings (SSSR count). The molecule has 0 saturated heterocycles. The molecular formula is C28H30N6O5. The van der Waals surface area contributed by atoms with Crippen molar-refractivity contribution in [1.82, 2.24) is 19.5 Å². The Morgan fingerprint density at radius 1 is 0.949 bits per heavy atom. The van der Waals surface area contributed by atoms with Crippen LogP contribution < -0.4 is 15.0 Å². The van der Waals surface area contributed by atoms with Crippen molar-refractivity contribution < 1.29 is 23.9 Å². The minimum atomic E-state index is -0.754. The van der Waals surface area contributed by atoms with E-state index in [2.05, 4.69) is 20.3 Å². The van der Waals surface area contributed by atoms with Crippen LogP contribution in [0.2, 0.25) is 0 Å². The highest BCUT2D eigenvalue weighted by Crippen LogP contribution is 2.29. The van der Waals surface area contributed by atoms with Crippen LogP contribution in [-0.2, 0) is 20.9 Å². The first-order valence-corrected chi connectivity index (χ1v) is 12.4. The van der Waals surface area contributed by atoms with Crippen LogP contribution in [0.5, 0.6) is 5.88 Å². The maximum atomic E-state index is 13.6. The summed E-state index contributed by atoms with van der Waals surface area (Å²) in [5.74, 6) is -1.47. The van der Waals surface area contributed by atoms with Crippen molar-refractivity contribution in [1.29, 1.82) is 0 Å². The average Bonchev–Trinajstić information content (AvgIpc) is 3.27. The molecule has 2 amide bonds. The summed E-state index contributed by atoms with van der Waals surface area (Å²) in [7, 11) is 0. The van der Waals surface area contributed by atoms with Gasteiger partial charge in [0.1, 0.15) is 12.1 Å². The molecule has 2 aromatic carbocycles. The molecular weight excluding hydrogens is 500 g/mol. The number of nitrogens with zero attached hydrogens (tertiary/aromatic N) is 5. The van der Waals surface area contributed by atoms with Gasteiger partial charge in [-0.05, 0) is 45.0 Å². The highest BCUT2D eigenvalue weighted by molar-refractivity contribution is 5.98. The number of carbonyl (C=O) groups is 3. The van der Waals surface area contributed by atoms with Gasteiger partial charge in [-0.15, -0.1) is 0 Å². The SMILES string of the molecule is CC(C)C(=O)Nc1nc(OC(=O)N(c2ccccc2)c2ccccc2)c2ncn(CC(=O)OC(C)(C)C)c2n1. The molecule has 0 unspecified atom stereocenters. The number of benzene rings is 2. The summed E-state index contributed by atoms with van der Waals surface area (Å²) >= 11 is 0. The van der Waals surface area contributed by atoms with Gasteiger partial charge in [-0.2, -0.15) is 9.97 Å². The number of aromatic nitrogens is 4. The molecule has 0 aliphatic rings. The zero-order valence-corrected chi connectivity index (χ0v) is 22.4. The van der Waals surface area contributed by atoms with Gasteiger partial charge in [0, 0.05) is 5.92 Å². The number of rotatable bonds is 7. The smallest absolute Gasteiger partial charge is 0.425 e. The summed E-state index contributed by atoms with van der Waals surface area (Å²) in [5.41, 5.74) is 0.780. The second kappa shape index (κ2) is 11.3. The second-order valence-corrected chi connectivity index (χ2v) is 10.0. The molecule has 202 valence electrons. The Morgan fingerprint density at radius 2 is 1.54 bits per heavy atom. The first-order valence-electron chi connectivity index (χ1n) is 12.4. The van der Waals surface area contributed by atoms with E-state index < -0.39 is 17.7 Å². The van der Waals surface area contributed by atoms with E-state index in [1.54, 1.807) is 83.1 Å². The molecule has 11 heteroatoms. The number of hydrogen-bond acceptors (Lipinski definition) is 8. The van der Waals surface area contributed by atoms with E-state index in [-0.39, 0.29) is 41.4 Å². The molecule has 0 radical (unpaired) electrons. The number of carbonyl (C=O) groups excluding carboxylic acids is 3. The van der Waals surface area contributed by atoms with Crippen molar-refractivity contribution in [2.45, 2.75) is 46.8 Å². The van der Waals surface area contributed by atoms with Crippen LogP contribution in [0.15, 0.2) is 67.0 Å². The number of nitrogens with one attached hydrogen (secondary N) is 1. The fourth-order valence-corrected chi connectivity index (χ4v) is 3.57. The van der Waals surface area contributed by atoms with Gasteiger partial charge in [0.05, 0.1) is 17.7 Å². The lowest BCUT2D eigenvalue weighted by Gasteiger charge is -2.22. The van der Waals surface area contributed by atoms with E-state index >= 15 is 0 Å². The third-order valence-corrected chi connectivity index (χ3v) is 5.31. The third-order valence-electron chi connectivity index (χ3n) is 5.31. The second-order valence-electron chi connectivity index (χ2n) is 10.0. The number of amides is 2. The summed E-state index contributed by atoms with van der Waals surface area (Å²) in [4.78, 5) is 52.9. The normalized spacial score (nSPS) is 11.3. The zero-order chi connectivity index (χ0) is 28.2. The molecule has 39 heavy (non-hydrogen) atoms. The molecule has 0 fully saturated rings. The molecule has 11 nitrogen and oxygen atoms in total. The van der Waals surface area contributed by atoms with Crippen molar-refractivity contribution in [2.75, 3.05) is 10.2 Å². The Bertz CT molecular complexity index is 1440. The number of hydrogen-bond donors (Lipinski definition) is 1. The molecule has 0 bridgehead atoms. The molecule has 0 atom stereocenters. The van der Waals surface area contributed by atoms with Gasteiger partial charge in [0.15, 0.2) is 11.2 Å². The number of para-hydroxylation sites is 2. The van der Waals surface area contributed by atoms with Gasteiger partial charge < -0.3 is 14.0 Å². The predicted octanol–water partition coefficient (Wildman–Crippen LogP) is 5.10. The van der Waals surface area contributed by atoms with Crippen LogP contribution in [0.4, 0.5) is 22.1 Å². The molecule has 0 spiro atoms. The number of ether oxygens (including phenoxy) is 2. The van der Waals surface area contributed by atoms with Crippen molar-refractivity contribution >= 4 is 46.5 Å². The summed E-state index contributed by atoms with van der Waals surface area (Å²) in [6, 6.07) is 18.0.